The van der Waals surface area contributed by atoms with Crippen molar-refractivity contribution in [1.82, 2.24) is 9.78 Å². The zero-order valence-electron chi connectivity index (χ0n) is 10.5. The minimum atomic E-state index is -2.45. The van der Waals surface area contributed by atoms with E-state index in [9.17, 15) is 13.6 Å². The van der Waals surface area contributed by atoms with Gasteiger partial charge in [0.1, 0.15) is 6.54 Å². The molecule has 0 amide bonds. The molecular formula is C12H18F2N2O. The first kappa shape index (κ1) is 13.8. The molecule has 0 aliphatic rings. The lowest BCUT2D eigenvalue weighted by Gasteiger charge is -2.06. The van der Waals surface area contributed by atoms with Crippen LogP contribution in [0.1, 0.15) is 48.9 Å². The van der Waals surface area contributed by atoms with E-state index in [0.717, 1.165) is 0 Å². The van der Waals surface area contributed by atoms with Gasteiger partial charge in [0.15, 0.2) is 5.78 Å². The number of hydrogen-bond donors (Lipinski definition) is 0. The molecule has 0 aromatic carbocycles. The molecule has 1 aromatic rings. The van der Waals surface area contributed by atoms with Crippen molar-refractivity contribution in [3.05, 3.63) is 17.0 Å². The van der Waals surface area contributed by atoms with Gasteiger partial charge in [0.05, 0.1) is 11.3 Å². The summed E-state index contributed by atoms with van der Waals surface area (Å²) in [6.07, 6.45) is -0.944. The predicted molar refractivity (Wildman–Crippen MR) is 61.6 cm³/mol. The van der Waals surface area contributed by atoms with Gasteiger partial charge >= 0.3 is 0 Å². The first-order chi connectivity index (χ1) is 8.04. The van der Waals surface area contributed by atoms with Gasteiger partial charge in [0, 0.05) is 12.1 Å². The van der Waals surface area contributed by atoms with E-state index in [-0.39, 0.29) is 5.78 Å². The van der Waals surface area contributed by atoms with Crippen LogP contribution >= 0.6 is 0 Å². The van der Waals surface area contributed by atoms with E-state index in [2.05, 4.69) is 5.10 Å². The summed E-state index contributed by atoms with van der Waals surface area (Å²) in [5, 5.41) is 4.12. The maximum atomic E-state index is 12.4. The lowest BCUT2D eigenvalue weighted by Crippen LogP contribution is -2.12. The van der Waals surface area contributed by atoms with E-state index >= 15 is 0 Å². The number of ketones is 1. The summed E-state index contributed by atoms with van der Waals surface area (Å²) in [6.45, 7) is 5.06. The van der Waals surface area contributed by atoms with Crippen LogP contribution in [0.3, 0.4) is 0 Å². The van der Waals surface area contributed by atoms with Crippen LogP contribution in [-0.2, 0) is 19.4 Å². The van der Waals surface area contributed by atoms with Gasteiger partial charge in [-0.15, -0.1) is 0 Å². The Bertz CT molecular complexity index is 399. The molecule has 0 atom stereocenters. The van der Waals surface area contributed by atoms with Gasteiger partial charge in [-0.05, 0) is 12.8 Å². The second kappa shape index (κ2) is 5.89. The number of halogens is 2. The summed E-state index contributed by atoms with van der Waals surface area (Å²) >= 11 is 0. The van der Waals surface area contributed by atoms with E-state index in [0.29, 0.717) is 36.2 Å². The molecule has 0 unspecified atom stereocenters. The average molecular weight is 244 g/mol. The highest BCUT2D eigenvalue weighted by molar-refractivity contribution is 5.98. The zero-order valence-corrected chi connectivity index (χ0v) is 10.5. The highest BCUT2D eigenvalue weighted by Crippen LogP contribution is 2.19. The highest BCUT2D eigenvalue weighted by atomic mass is 19.3. The predicted octanol–water partition coefficient (Wildman–Crippen LogP) is 2.87. The minimum absolute atomic E-state index is 0.0146. The third-order valence-corrected chi connectivity index (χ3v) is 2.71. The lowest BCUT2D eigenvalue weighted by molar-refractivity contribution is 0.0984. The van der Waals surface area contributed by atoms with Gasteiger partial charge in [0.25, 0.3) is 6.43 Å². The molecule has 17 heavy (non-hydrogen) atoms. The van der Waals surface area contributed by atoms with Crippen molar-refractivity contribution in [3.63, 3.8) is 0 Å². The number of alkyl halides is 2. The molecule has 5 heteroatoms. The number of aromatic nitrogens is 2. The van der Waals surface area contributed by atoms with Gasteiger partial charge in [-0.25, -0.2) is 8.78 Å². The molecule has 0 N–H and O–H groups in total. The van der Waals surface area contributed by atoms with Gasteiger partial charge in [-0.1, -0.05) is 20.8 Å². The van der Waals surface area contributed by atoms with E-state index < -0.39 is 13.0 Å². The quantitative estimate of drug-likeness (QED) is 0.721. The SMILES string of the molecule is CCC(=O)c1c(CC)nn(CC(F)F)c1CC. The van der Waals surface area contributed by atoms with Gasteiger partial charge in [-0.3, -0.25) is 9.48 Å². The summed E-state index contributed by atoms with van der Waals surface area (Å²) < 4.78 is 26.1. The standard InChI is InChI=1S/C12H18F2N2O/c1-4-8-12(10(17)6-3)9(5-2)16(15-8)7-11(13)14/h11H,4-7H2,1-3H3. The Morgan fingerprint density at radius 3 is 2.35 bits per heavy atom. The Balaban J connectivity index is 3.25. The van der Waals surface area contributed by atoms with Crippen molar-refractivity contribution in [2.45, 2.75) is 53.0 Å². The number of rotatable bonds is 6. The maximum Gasteiger partial charge on any atom is 0.257 e. The molecular weight excluding hydrogens is 226 g/mol. The summed E-state index contributed by atoms with van der Waals surface area (Å²) in [7, 11) is 0. The molecule has 0 saturated carbocycles. The number of hydrogen-bond acceptors (Lipinski definition) is 2. The molecule has 0 radical (unpaired) electrons. The van der Waals surface area contributed by atoms with Crippen LogP contribution in [0.2, 0.25) is 0 Å². The zero-order chi connectivity index (χ0) is 13.0. The van der Waals surface area contributed by atoms with E-state index in [1.165, 1.54) is 4.68 Å². The largest absolute Gasteiger partial charge is 0.294 e. The molecule has 0 aliphatic heterocycles. The molecule has 96 valence electrons. The fraction of sp³-hybridized carbons (Fsp3) is 0.667. The van der Waals surface area contributed by atoms with Crippen LogP contribution in [0.4, 0.5) is 8.78 Å². The Hall–Kier alpha value is -1.26. The molecule has 0 spiro atoms. The van der Waals surface area contributed by atoms with Gasteiger partial charge in [-0.2, -0.15) is 5.10 Å². The first-order valence-electron chi connectivity index (χ1n) is 5.94. The van der Waals surface area contributed by atoms with E-state index in [1.807, 2.05) is 13.8 Å². The summed E-state index contributed by atoms with van der Waals surface area (Å²) in [6, 6.07) is 0. The van der Waals surface area contributed by atoms with Crippen molar-refractivity contribution in [3.8, 4) is 0 Å². The van der Waals surface area contributed by atoms with Crippen molar-refractivity contribution >= 4 is 5.78 Å². The molecule has 0 saturated heterocycles. The topological polar surface area (TPSA) is 34.9 Å². The van der Waals surface area contributed by atoms with E-state index in [1.54, 1.807) is 6.92 Å². The van der Waals surface area contributed by atoms with Crippen LogP contribution in [0, 0.1) is 0 Å². The Morgan fingerprint density at radius 1 is 1.29 bits per heavy atom. The van der Waals surface area contributed by atoms with Crippen molar-refractivity contribution in [2.24, 2.45) is 0 Å². The van der Waals surface area contributed by atoms with Crippen LogP contribution in [-0.4, -0.2) is 22.0 Å². The molecule has 0 aliphatic carbocycles. The molecule has 1 rings (SSSR count). The smallest absolute Gasteiger partial charge is 0.257 e. The van der Waals surface area contributed by atoms with Gasteiger partial charge < -0.3 is 0 Å². The Kier molecular flexibility index (Phi) is 4.78. The third kappa shape index (κ3) is 2.90. The van der Waals surface area contributed by atoms with E-state index in [4.69, 9.17) is 0 Å². The van der Waals surface area contributed by atoms with Crippen LogP contribution in [0.5, 0.6) is 0 Å². The fourth-order valence-electron chi connectivity index (χ4n) is 1.94. The molecule has 1 heterocycles. The number of carbonyl (C=O) groups excluding carboxylic acids is 1. The second-order valence-electron chi connectivity index (χ2n) is 3.83. The highest BCUT2D eigenvalue weighted by Gasteiger charge is 2.21. The van der Waals surface area contributed by atoms with Gasteiger partial charge in [0.2, 0.25) is 0 Å². The molecule has 0 fully saturated rings. The fourth-order valence-corrected chi connectivity index (χ4v) is 1.94. The number of aryl methyl sites for hydroxylation is 1. The summed E-state index contributed by atoms with van der Waals surface area (Å²) in [4.78, 5) is 11.8. The Labute approximate surface area is 99.8 Å². The maximum absolute atomic E-state index is 12.4. The summed E-state index contributed by atoms with van der Waals surface area (Å²) in [5.41, 5.74) is 1.82. The van der Waals surface area contributed by atoms with Crippen LogP contribution < -0.4 is 0 Å². The number of Topliss-reactive ketones (excluding diaryl/α,β-unsaturated/α-hetero) is 1. The number of nitrogens with zero attached hydrogens (tertiary/aromatic N) is 2. The third-order valence-electron chi connectivity index (χ3n) is 2.71. The van der Waals surface area contributed by atoms with Crippen molar-refractivity contribution in [2.75, 3.05) is 0 Å². The molecule has 1 aromatic heterocycles. The number of carbonyl (C=O) groups is 1. The van der Waals surface area contributed by atoms with Crippen LogP contribution in [0.25, 0.3) is 0 Å². The monoisotopic (exact) mass is 244 g/mol. The average Bonchev–Trinajstić information content (AvgIpc) is 2.64. The summed E-state index contributed by atoms with van der Waals surface area (Å²) in [5.74, 6) is -0.0146. The molecule has 0 bridgehead atoms. The van der Waals surface area contributed by atoms with Crippen molar-refractivity contribution in [1.29, 1.82) is 0 Å². The second-order valence-corrected chi connectivity index (χ2v) is 3.83. The van der Waals surface area contributed by atoms with Crippen LogP contribution in [0.15, 0.2) is 0 Å². The van der Waals surface area contributed by atoms with Crippen molar-refractivity contribution < 1.29 is 13.6 Å². The molecule has 3 nitrogen and oxygen atoms in total. The lowest BCUT2D eigenvalue weighted by atomic mass is 10.0. The normalized spacial score (nSPS) is 11.2. The minimum Gasteiger partial charge on any atom is -0.294 e. The Morgan fingerprint density at radius 2 is 1.94 bits per heavy atom. The first-order valence-corrected chi connectivity index (χ1v) is 5.94.